The van der Waals surface area contributed by atoms with Gasteiger partial charge in [0.15, 0.2) is 0 Å². The first-order chi connectivity index (χ1) is 10.5. The molecule has 1 saturated carbocycles. The van der Waals surface area contributed by atoms with Crippen LogP contribution in [-0.2, 0) is 11.2 Å². The van der Waals surface area contributed by atoms with Crippen molar-refractivity contribution in [3.63, 3.8) is 0 Å². The van der Waals surface area contributed by atoms with Gasteiger partial charge in [0, 0.05) is 5.92 Å². The van der Waals surface area contributed by atoms with Crippen LogP contribution in [0.25, 0.3) is 0 Å². The van der Waals surface area contributed by atoms with Crippen molar-refractivity contribution in [2.24, 2.45) is 29.4 Å². The summed E-state index contributed by atoms with van der Waals surface area (Å²) in [6.07, 6.45) is 3.94. The second-order valence-electron chi connectivity index (χ2n) is 6.66. The number of nitriles is 1. The highest BCUT2D eigenvalue weighted by atomic mass is 16.1. The van der Waals surface area contributed by atoms with E-state index < -0.39 is 0 Å². The predicted molar refractivity (Wildman–Crippen MR) is 89.8 cm³/mol. The van der Waals surface area contributed by atoms with Crippen LogP contribution in [0.15, 0.2) is 30.3 Å². The van der Waals surface area contributed by atoms with Crippen LogP contribution in [-0.4, -0.2) is 5.91 Å². The largest absolute Gasteiger partial charge is 0.369 e. The van der Waals surface area contributed by atoms with E-state index in [-0.39, 0.29) is 11.8 Å². The molecule has 3 nitrogen and oxygen atoms in total. The fourth-order valence-electron chi connectivity index (χ4n) is 3.22. The van der Waals surface area contributed by atoms with Crippen molar-refractivity contribution in [1.29, 1.82) is 5.26 Å². The Labute approximate surface area is 134 Å². The van der Waals surface area contributed by atoms with Crippen molar-refractivity contribution in [2.75, 3.05) is 0 Å². The van der Waals surface area contributed by atoms with Gasteiger partial charge in [-0.15, -0.1) is 0 Å². The van der Waals surface area contributed by atoms with Crippen molar-refractivity contribution in [3.8, 4) is 6.07 Å². The summed E-state index contributed by atoms with van der Waals surface area (Å²) >= 11 is 0. The number of hydrogen-bond donors (Lipinski definition) is 1. The first-order valence-electron chi connectivity index (χ1n) is 8.15. The lowest BCUT2D eigenvalue weighted by molar-refractivity contribution is -0.125. The minimum atomic E-state index is -0.0924. The van der Waals surface area contributed by atoms with Gasteiger partial charge in [-0.05, 0) is 36.2 Å². The standard InChI is InChI=1S/C11H21NO.C8H7N/c1-7(2)9-5-4-8(3)6-10(9)11(12)13;9-7-6-8-4-2-1-3-5-8/h7-10H,4-6H2,1-3H3,(H2,12,13);1-5H,6H2. The number of hydrogen-bond acceptors (Lipinski definition) is 2. The van der Waals surface area contributed by atoms with E-state index in [1.807, 2.05) is 30.3 Å². The van der Waals surface area contributed by atoms with E-state index in [1.54, 1.807) is 0 Å². The van der Waals surface area contributed by atoms with Crippen molar-refractivity contribution < 1.29 is 4.79 Å². The van der Waals surface area contributed by atoms with Crippen LogP contribution < -0.4 is 5.73 Å². The zero-order valence-electron chi connectivity index (χ0n) is 14.0. The minimum Gasteiger partial charge on any atom is -0.369 e. The summed E-state index contributed by atoms with van der Waals surface area (Å²) < 4.78 is 0. The molecule has 0 spiro atoms. The normalized spacial score (nSPS) is 24.0. The minimum absolute atomic E-state index is 0.0924. The number of carbonyl (C=O) groups excluding carboxylic acids is 1. The number of primary amides is 1. The number of carbonyl (C=O) groups is 1. The monoisotopic (exact) mass is 300 g/mol. The lowest BCUT2D eigenvalue weighted by atomic mass is 9.70. The molecule has 0 aliphatic heterocycles. The molecule has 1 aromatic rings. The van der Waals surface area contributed by atoms with Crippen LogP contribution >= 0.6 is 0 Å². The third-order valence-electron chi connectivity index (χ3n) is 4.51. The first kappa shape index (κ1) is 18.2. The Balaban J connectivity index is 0.000000235. The van der Waals surface area contributed by atoms with E-state index in [0.717, 1.165) is 12.0 Å². The van der Waals surface area contributed by atoms with Crippen molar-refractivity contribution in [2.45, 2.75) is 46.5 Å². The molecule has 1 aliphatic rings. The van der Waals surface area contributed by atoms with E-state index in [2.05, 4.69) is 26.8 Å². The first-order valence-corrected chi connectivity index (χ1v) is 8.15. The molecule has 0 radical (unpaired) electrons. The molecule has 3 atom stereocenters. The molecule has 0 saturated heterocycles. The van der Waals surface area contributed by atoms with Gasteiger partial charge in [0.2, 0.25) is 5.91 Å². The van der Waals surface area contributed by atoms with Gasteiger partial charge in [0.1, 0.15) is 0 Å². The van der Waals surface area contributed by atoms with Crippen LogP contribution in [0.1, 0.15) is 45.6 Å². The van der Waals surface area contributed by atoms with Crippen LogP contribution in [0.5, 0.6) is 0 Å². The maximum absolute atomic E-state index is 11.2. The fraction of sp³-hybridized carbons (Fsp3) is 0.579. The quantitative estimate of drug-likeness (QED) is 0.919. The van der Waals surface area contributed by atoms with E-state index in [1.165, 1.54) is 12.8 Å². The molecule has 0 bridgehead atoms. The Kier molecular flexibility index (Phi) is 7.66. The Hall–Kier alpha value is -1.82. The van der Waals surface area contributed by atoms with Gasteiger partial charge in [-0.1, -0.05) is 57.5 Å². The lowest BCUT2D eigenvalue weighted by Crippen LogP contribution is -2.37. The maximum Gasteiger partial charge on any atom is 0.220 e. The van der Waals surface area contributed by atoms with Gasteiger partial charge < -0.3 is 5.73 Å². The summed E-state index contributed by atoms with van der Waals surface area (Å²) in [6.45, 7) is 6.60. The summed E-state index contributed by atoms with van der Waals surface area (Å²) in [5.41, 5.74) is 6.50. The highest BCUT2D eigenvalue weighted by molar-refractivity contribution is 5.77. The molecule has 0 heterocycles. The second kappa shape index (κ2) is 9.25. The third-order valence-corrected chi connectivity index (χ3v) is 4.51. The van der Waals surface area contributed by atoms with E-state index in [9.17, 15) is 4.79 Å². The average Bonchev–Trinajstić information content (AvgIpc) is 2.49. The number of nitrogens with zero attached hydrogens (tertiary/aromatic N) is 1. The summed E-state index contributed by atoms with van der Waals surface area (Å²) in [6, 6.07) is 11.8. The lowest BCUT2D eigenvalue weighted by Gasteiger charge is -2.35. The third kappa shape index (κ3) is 5.89. The summed E-state index contributed by atoms with van der Waals surface area (Å²) in [5, 5.41) is 8.27. The fourth-order valence-corrected chi connectivity index (χ4v) is 3.22. The molecule has 3 heteroatoms. The van der Waals surface area contributed by atoms with E-state index in [0.29, 0.717) is 24.2 Å². The van der Waals surface area contributed by atoms with Crippen LogP contribution in [0.2, 0.25) is 0 Å². The van der Waals surface area contributed by atoms with Crippen LogP contribution in [0, 0.1) is 35.0 Å². The summed E-state index contributed by atoms with van der Waals surface area (Å²) in [5.74, 6) is 1.82. The van der Waals surface area contributed by atoms with Crippen molar-refractivity contribution in [3.05, 3.63) is 35.9 Å². The zero-order chi connectivity index (χ0) is 16.5. The molecule has 1 aromatic carbocycles. The highest BCUT2D eigenvalue weighted by Gasteiger charge is 2.33. The molecule has 1 aliphatic carbocycles. The topological polar surface area (TPSA) is 66.9 Å². The number of rotatable bonds is 3. The molecule has 120 valence electrons. The van der Waals surface area contributed by atoms with Gasteiger partial charge in [-0.3, -0.25) is 4.79 Å². The predicted octanol–water partition coefficient (Wildman–Crippen LogP) is 3.93. The molecule has 3 unspecified atom stereocenters. The molecule has 2 rings (SSSR count). The average molecular weight is 300 g/mol. The molecule has 2 N–H and O–H groups in total. The Bertz CT molecular complexity index is 490. The van der Waals surface area contributed by atoms with Crippen LogP contribution in [0.4, 0.5) is 0 Å². The molecule has 1 fully saturated rings. The maximum atomic E-state index is 11.2. The molecule has 0 aromatic heterocycles. The van der Waals surface area contributed by atoms with Gasteiger partial charge in [0.25, 0.3) is 0 Å². The molecule has 22 heavy (non-hydrogen) atoms. The number of benzene rings is 1. The van der Waals surface area contributed by atoms with Gasteiger partial charge in [-0.2, -0.15) is 5.26 Å². The molecule has 1 amide bonds. The van der Waals surface area contributed by atoms with Crippen molar-refractivity contribution in [1.82, 2.24) is 0 Å². The second-order valence-corrected chi connectivity index (χ2v) is 6.66. The number of nitrogens with two attached hydrogens (primary N) is 1. The Morgan fingerprint density at radius 3 is 2.45 bits per heavy atom. The summed E-state index contributed by atoms with van der Waals surface area (Å²) in [7, 11) is 0. The number of amides is 1. The summed E-state index contributed by atoms with van der Waals surface area (Å²) in [4.78, 5) is 11.2. The highest BCUT2D eigenvalue weighted by Crippen LogP contribution is 2.37. The van der Waals surface area contributed by atoms with E-state index in [4.69, 9.17) is 11.0 Å². The van der Waals surface area contributed by atoms with Crippen molar-refractivity contribution >= 4 is 5.91 Å². The Morgan fingerprint density at radius 2 is 1.95 bits per heavy atom. The van der Waals surface area contributed by atoms with Gasteiger partial charge >= 0.3 is 0 Å². The SMILES string of the molecule is CC1CCC(C(C)C)C(C(N)=O)C1.N#CCc1ccccc1. The van der Waals surface area contributed by atoms with E-state index >= 15 is 0 Å². The molecular formula is C19H28N2O. The van der Waals surface area contributed by atoms with Gasteiger partial charge in [0.05, 0.1) is 12.5 Å². The van der Waals surface area contributed by atoms with Crippen LogP contribution in [0.3, 0.4) is 0 Å². The Morgan fingerprint density at radius 1 is 1.32 bits per heavy atom. The molecular weight excluding hydrogens is 272 g/mol. The van der Waals surface area contributed by atoms with Gasteiger partial charge in [-0.25, -0.2) is 0 Å². The zero-order valence-corrected chi connectivity index (χ0v) is 14.0. The smallest absolute Gasteiger partial charge is 0.220 e.